The number of hydrogen-bond donors (Lipinski definition) is 1. The van der Waals surface area contributed by atoms with E-state index in [2.05, 4.69) is 33.4 Å². The highest BCUT2D eigenvalue weighted by molar-refractivity contribution is 5.81. The number of nitrogens with one attached hydrogen (secondary N) is 1. The number of aromatic nitrogens is 2. The Morgan fingerprint density at radius 2 is 2.35 bits per heavy atom. The Morgan fingerprint density at radius 3 is 3.18 bits per heavy atom. The lowest BCUT2D eigenvalue weighted by Gasteiger charge is -2.14. The molecule has 17 heavy (non-hydrogen) atoms. The summed E-state index contributed by atoms with van der Waals surface area (Å²) in [5.74, 6) is 0.972. The number of likely N-dealkylation sites (N-methyl/N-ethyl adjacent to an activating group) is 1. The predicted molar refractivity (Wildman–Crippen MR) is 67.0 cm³/mol. The minimum absolute atomic E-state index is 0.761. The highest BCUT2D eigenvalue weighted by atomic mass is 15.3. The molecule has 0 saturated heterocycles. The number of hydrogen-bond acceptors (Lipinski definition) is 4. The van der Waals surface area contributed by atoms with E-state index in [1.807, 2.05) is 29.0 Å². The zero-order valence-electron chi connectivity index (χ0n) is 9.80. The first-order chi connectivity index (χ1) is 8.34. The van der Waals surface area contributed by atoms with Crippen LogP contribution in [0.2, 0.25) is 0 Å². The smallest absolute Gasteiger partial charge is 0.194 e. The molecule has 1 aliphatic heterocycles. The quantitative estimate of drug-likeness (QED) is 0.825. The van der Waals surface area contributed by atoms with Gasteiger partial charge in [0.1, 0.15) is 0 Å². The highest BCUT2D eigenvalue weighted by Gasteiger charge is 2.12. The molecular formula is C12H15N5. The van der Waals surface area contributed by atoms with Crippen molar-refractivity contribution in [1.29, 1.82) is 0 Å². The van der Waals surface area contributed by atoms with Gasteiger partial charge in [-0.15, -0.1) is 0 Å². The maximum atomic E-state index is 4.40. The molecule has 2 aromatic rings. The van der Waals surface area contributed by atoms with Crippen molar-refractivity contribution < 1.29 is 0 Å². The van der Waals surface area contributed by atoms with Crippen molar-refractivity contribution in [2.45, 2.75) is 6.54 Å². The van der Waals surface area contributed by atoms with Gasteiger partial charge < -0.3 is 10.2 Å². The largest absolute Gasteiger partial charge is 0.352 e. The summed E-state index contributed by atoms with van der Waals surface area (Å²) in [6.07, 6.45) is 3.86. The van der Waals surface area contributed by atoms with E-state index in [-0.39, 0.29) is 0 Å². The van der Waals surface area contributed by atoms with E-state index in [0.717, 1.165) is 31.1 Å². The Morgan fingerprint density at radius 1 is 1.41 bits per heavy atom. The fraction of sp³-hybridized carbons (Fsp3) is 0.333. The van der Waals surface area contributed by atoms with Gasteiger partial charge in [-0.25, -0.2) is 4.52 Å². The van der Waals surface area contributed by atoms with Crippen LogP contribution in [-0.2, 0) is 6.54 Å². The van der Waals surface area contributed by atoms with E-state index in [4.69, 9.17) is 0 Å². The molecule has 88 valence electrons. The number of rotatable bonds is 2. The number of pyridine rings is 1. The fourth-order valence-electron chi connectivity index (χ4n) is 2.02. The zero-order valence-corrected chi connectivity index (χ0v) is 9.80. The Labute approximate surface area is 99.8 Å². The third-order valence-corrected chi connectivity index (χ3v) is 3.00. The lowest BCUT2D eigenvalue weighted by Crippen LogP contribution is -2.35. The summed E-state index contributed by atoms with van der Waals surface area (Å²) in [6.45, 7) is 2.64. The van der Waals surface area contributed by atoms with Crippen LogP contribution in [0.15, 0.2) is 35.6 Å². The molecule has 0 radical (unpaired) electrons. The zero-order chi connectivity index (χ0) is 11.7. The lowest BCUT2D eigenvalue weighted by atomic mass is 10.2. The van der Waals surface area contributed by atoms with E-state index in [1.54, 1.807) is 0 Å². The average Bonchev–Trinajstić information content (AvgIpc) is 2.93. The molecular weight excluding hydrogens is 214 g/mol. The van der Waals surface area contributed by atoms with Gasteiger partial charge in [0.05, 0.1) is 18.3 Å². The van der Waals surface area contributed by atoms with Gasteiger partial charge in [-0.1, -0.05) is 6.07 Å². The van der Waals surface area contributed by atoms with Crippen molar-refractivity contribution in [1.82, 2.24) is 19.8 Å². The van der Waals surface area contributed by atoms with E-state index < -0.39 is 0 Å². The molecule has 0 fully saturated rings. The van der Waals surface area contributed by atoms with Gasteiger partial charge in [-0.05, 0) is 12.1 Å². The van der Waals surface area contributed by atoms with Crippen LogP contribution in [0.3, 0.4) is 0 Å². The Hall–Kier alpha value is -2.04. The SMILES string of the molecule is CN1CCN=C1NCc1cnn2ccccc12. The molecule has 0 aliphatic carbocycles. The maximum absolute atomic E-state index is 4.40. The van der Waals surface area contributed by atoms with Crippen LogP contribution >= 0.6 is 0 Å². The molecule has 5 nitrogen and oxygen atoms in total. The molecule has 0 aromatic carbocycles. The molecule has 2 aromatic heterocycles. The second kappa shape index (κ2) is 4.08. The average molecular weight is 229 g/mol. The monoisotopic (exact) mass is 229 g/mol. The van der Waals surface area contributed by atoms with Crippen LogP contribution < -0.4 is 5.32 Å². The second-order valence-corrected chi connectivity index (χ2v) is 4.18. The maximum Gasteiger partial charge on any atom is 0.194 e. The molecule has 5 heteroatoms. The van der Waals surface area contributed by atoms with Crippen molar-refractivity contribution in [3.8, 4) is 0 Å². The molecule has 0 unspecified atom stereocenters. The molecule has 0 amide bonds. The molecule has 3 rings (SSSR count). The molecule has 0 saturated carbocycles. The van der Waals surface area contributed by atoms with Crippen LogP contribution in [0.5, 0.6) is 0 Å². The van der Waals surface area contributed by atoms with Gasteiger partial charge in [0.15, 0.2) is 5.96 Å². The summed E-state index contributed by atoms with van der Waals surface area (Å²) in [5, 5.41) is 7.65. The summed E-state index contributed by atoms with van der Waals surface area (Å²) in [5.41, 5.74) is 2.33. The predicted octanol–water partition coefficient (Wildman–Crippen LogP) is 0.725. The van der Waals surface area contributed by atoms with E-state index in [0.29, 0.717) is 0 Å². The third-order valence-electron chi connectivity index (χ3n) is 3.00. The van der Waals surface area contributed by atoms with Gasteiger partial charge in [0.25, 0.3) is 0 Å². The van der Waals surface area contributed by atoms with Crippen molar-refractivity contribution in [2.75, 3.05) is 20.1 Å². The summed E-state index contributed by atoms with van der Waals surface area (Å²) in [4.78, 5) is 6.53. The molecule has 1 aliphatic rings. The van der Waals surface area contributed by atoms with Crippen LogP contribution in [-0.4, -0.2) is 40.6 Å². The van der Waals surface area contributed by atoms with Crippen molar-refractivity contribution in [2.24, 2.45) is 4.99 Å². The van der Waals surface area contributed by atoms with Crippen LogP contribution in [0, 0.1) is 0 Å². The number of nitrogens with zero attached hydrogens (tertiary/aromatic N) is 4. The first-order valence-corrected chi connectivity index (χ1v) is 5.75. The fourth-order valence-corrected chi connectivity index (χ4v) is 2.02. The van der Waals surface area contributed by atoms with Gasteiger partial charge in [0, 0.05) is 31.9 Å². The minimum Gasteiger partial charge on any atom is -0.352 e. The lowest BCUT2D eigenvalue weighted by molar-refractivity contribution is 0.534. The van der Waals surface area contributed by atoms with E-state index >= 15 is 0 Å². The van der Waals surface area contributed by atoms with Gasteiger partial charge in [-0.3, -0.25) is 4.99 Å². The first-order valence-electron chi connectivity index (χ1n) is 5.75. The number of aliphatic imine (C=N–C) groups is 1. The van der Waals surface area contributed by atoms with Crippen LogP contribution in [0.4, 0.5) is 0 Å². The summed E-state index contributed by atoms with van der Waals surface area (Å²) >= 11 is 0. The summed E-state index contributed by atoms with van der Waals surface area (Å²) in [6, 6.07) is 6.08. The van der Waals surface area contributed by atoms with Crippen molar-refractivity contribution in [3.63, 3.8) is 0 Å². The normalized spacial score (nSPS) is 15.4. The molecule has 1 N–H and O–H groups in total. The summed E-state index contributed by atoms with van der Waals surface area (Å²) < 4.78 is 1.89. The number of guanidine groups is 1. The first kappa shape index (κ1) is 10.1. The van der Waals surface area contributed by atoms with Crippen molar-refractivity contribution in [3.05, 3.63) is 36.2 Å². The Balaban J connectivity index is 1.77. The molecule has 0 spiro atoms. The van der Waals surface area contributed by atoms with Crippen molar-refractivity contribution >= 4 is 11.5 Å². The minimum atomic E-state index is 0.761. The van der Waals surface area contributed by atoms with Gasteiger partial charge in [0.2, 0.25) is 0 Å². The van der Waals surface area contributed by atoms with Gasteiger partial charge >= 0.3 is 0 Å². The third kappa shape index (κ3) is 1.84. The Kier molecular flexibility index (Phi) is 2.44. The molecule has 0 bridgehead atoms. The van der Waals surface area contributed by atoms with Crippen LogP contribution in [0.25, 0.3) is 5.52 Å². The molecule has 3 heterocycles. The second-order valence-electron chi connectivity index (χ2n) is 4.18. The standard InChI is InChI=1S/C12H15N5/c1-16-7-5-13-12(16)14-8-10-9-15-17-6-3-2-4-11(10)17/h2-4,6,9H,5,7-8H2,1H3,(H,13,14). The number of fused-ring (bicyclic) bond motifs is 1. The highest BCUT2D eigenvalue weighted by Crippen LogP contribution is 2.09. The van der Waals surface area contributed by atoms with Crippen LogP contribution in [0.1, 0.15) is 5.56 Å². The van der Waals surface area contributed by atoms with Gasteiger partial charge in [-0.2, -0.15) is 5.10 Å². The van der Waals surface area contributed by atoms with E-state index in [9.17, 15) is 0 Å². The topological polar surface area (TPSA) is 44.9 Å². The molecule has 0 atom stereocenters. The summed E-state index contributed by atoms with van der Waals surface area (Å²) in [7, 11) is 2.05. The Bertz CT molecular complexity index is 557. The van der Waals surface area contributed by atoms with E-state index in [1.165, 1.54) is 5.56 Å².